The summed E-state index contributed by atoms with van der Waals surface area (Å²) in [5, 5.41) is 4.44. The molecule has 0 aliphatic heterocycles. The van der Waals surface area contributed by atoms with Crippen molar-refractivity contribution < 1.29 is 4.74 Å². The minimum absolute atomic E-state index is 0.114. The van der Waals surface area contributed by atoms with Crippen molar-refractivity contribution in [2.24, 2.45) is 0 Å². The van der Waals surface area contributed by atoms with Gasteiger partial charge in [-0.3, -0.25) is 9.69 Å². The van der Waals surface area contributed by atoms with Gasteiger partial charge in [-0.1, -0.05) is 12.1 Å². The summed E-state index contributed by atoms with van der Waals surface area (Å²) in [6.45, 7) is 3.44. The minimum Gasteiger partial charge on any atom is -0.491 e. The molecule has 130 valence electrons. The summed E-state index contributed by atoms with van der Waals surface area (Å²) in [4.78, 5) is 17.0. The summed E-state index contributed by atoms with van der Waals surface area (Å²) in [7, 11) is 3.49. The van der Waals surface area contributed by atoms with E-state index in [2.05, 4.69) is 34.0 Å². The molecule has 25 heavy (non-hydrogen) atoms. The lowest BCUT2D eigenvalue weighted by molar-refractivity contribution is 0.314. The molecular weight excluding hydrogens is 316 g/mol. The second-order valence-corrected chi connectivity index (χ2v) is 6.20. The van der Waals surface area contributed by atoms with Crippen molar-refractivity contribution in [3.05, 3.63) is 76.0 Å². The molecule has 0 saturated heterocycles. The van der Waals surface area contributed by atoms with Crippen molar-refractivity contribution in [2.45, 2.75) is 20.0 Å². The Morgan fingerprint density at radius 2 is 2.12 bits per heavy atom. The van der Waals surface area contributed by atoms with E-state index >= 15 is 0 Å². The fourth-order valence-corrected chi connectivity index (χ4v) is 2.76. The molecule has 0 aliphatic rings. The summed E-state index contributed by atoms with van der Waals surface area (Å²) < 4.78 is 6.87. The van der Waals surface area contributed by atoms with Crippen LogP contribution in [0.25, 0.3) is 5.69 Å². The van der Waals surface area contributed by atoms with Gasteiger partial charge in [0, 0.05) is 42.8 Å². The van der Waals surface area contributed by atoms with Gasteiger partial charge < -0.3 is 9.72 Å². The van der Waals surface area contributed by atoms with Gasteiger partial charge in [-0.05, 0) is 31.7 Å². The van der Waals surface area contributed by atoms with Gasteiger partial charge in [0.05, 0.1) is 19.0 Å². The molecule has 6 nitrogen and oxygen atoms in total. The first-order chi connectivity index (χ1) is 12.0. The summed E-state index contributed by atoms with van der Waals surface area (Å²) in [5.41, 5.74) is 4.10. The molecule has 0 bridgehead atoms. The first-order valence-electron chi connectivity index (χ1n) is 8.10. The average Bonchev–Trinajstić information content (AvgIpc) is 3.03. The first kappa shape index (κ1) is 17.0. The fourth-order valence-electron chi connectivity index (χ4n) is 2.76. The van der Waals surface area contributed by atoms with E-state index in [9.17, 15) is 4.79 Å². The van der Waals surface area contributed by atoms with Gasteiger partial charge in [-0.2, -0.15) is 5.10 Å². The van der Waals surface area contributed by atoms with Crippen LogP contribution in [0.1, 0.15) is 16.8 Å². The number of methoxy groups -OCH3 is 1. The predicted octanol–water partition coefficient (Wildman–Crippen LogP) is 2.51. The lowest BCUT2D eigenvalue weighted by Crippen LogP contribution is -2.19. The van der Waals surface area contributed by atoms with Crippen molar-refractivity contribution in [1.82, 2.24) is 19.7 Å². The minimum atomic E-state index is -0.114. The molecule has 1 N–H and O–H groups in total. The highest BCUT2D eigenvalue weighted by atomic mass is 16.5. The first-order valence-corrected chi connectivity index (χ1v) is 8.10. The van der Waals surface area contributed by atoms with Crippen molar-refractivity contribution in [2.75, 3.05) is 14.2 Å². The maximum atomic E-state index is 11.8. The maximum Gasteiger partial charge on any atom is 0.223 e. The summed E-state index contributed by atoms with van der Waals surface area (Å²) in [6, 6.07) is 9.80. The predicted molar refractivity (Wildman–Crippen MR) is 97.1 cm³/mol. The smallest absolute Gasteiger partial charge is 0.223 e. The number of ether oxygens (including phenoxy) is 1. The summed E-state index contributed by atoms with van der Waals surface area (Å²) in [5.74, 6) is 0.325. The van der Waals surface area contributed by atoms with Crippen LogP contribution in [-0.2, 0) is 13.1 Å². The van der Waals surface area contributed by atoms with Crippen LogP contribution in [0.3, 0.4) is 0 Å². The van der Waals surface area contributed by atoms with Gasteiger partial charge in [-0.25, -0.2) is 4.68 Å². The Labute approximate surface area is 146 Å². The summed E-state index contributed by atoms with van der Waals surface area (Å²) >= 11 is 0. The molecule has 3 aromatic rings. The Kier molecular flexibility index (Phi) is 5.00. The van der Waals surface area contributed by atoms with Crippen LogP contribution < -0.4 is 10.2 Å². The molecule has 2 aromatic heterocycles. The second kappa shape index (κ2) is 7.36. The van der Waals surface area contributed by atoms with E-state index in [-0.39, 0.29) is 5.43 Å². The van der Waals surface area contributed by atoms with E-state index in [4.69, 9.17) is 4.74 Å². The number of nitrogens with one attached hydrogen (secondary N) is 1. The van der Waals surface area contributed by atoms with Crippen molar-refractivity contribution >= 4 is 0 Å². The number of rotatable bonds is 6. The van der Waals surface area contributed by atoms with Crippen LogP contribution in [0.5, 0.6) is 5.75 Å². The molecule has 0 saturated carbocycles. The lowest BCUT2D eigenvalue weighted by atomic mass is 10.2. The molecule has 3 rings (SSSR count). The van der Waals surface area contributed by atoms with Gasteiger partial charge in [0.2, 0.25) is 5.43 Å². The Bertz CT molecular complexity index is 914. The zero-order valence-corrected chi connectivity index (χ0v) is 14.7. The van der Waals surface area contributed by atoms with Crippen LogP contribution in [0.15, 0.2) is 53.7 Å². The van der Waals surface area contributed by atoms with E-state index < -0.39 is 0 Å². The number of pyridine rings is 1. The Morgan fingerprint density at radius 1 is 1.28 bits per heavy atom. The highest BCUT2D eigenvalue weighted by molar-refractivity contribution is 5.35. The molecule has 0 aliphatic carbocycles. The quantitative estimate of drug-likeness (QED) is 0.750. The van der Waals surface area contributed by atoms with Crippen LogP contribution in [-0.4, -0.2) is 33.8 Å². The zero-order chi connectivity index (χ0) is 17.8. The number of hydrogen-bond donors (Lipinski definition) is 1. The largest absolute Gasteiger partial charge is 0.491 e. The van der Waals surface area contributed by atoms with Gasteiger partial charge >= 0.3 is 0 Å². The third-order valence-electron chi connectivity index (χ3n) is 3.95. The number of aromatic nitrogens is 3. The van der Waals surface area contributed by atoms with Crippen molar-refractivity contribution in [3.63, 3.8) is 0 Å². The standard InChI is InChI=1S/C19H22N4O2/c1-14-5-4-6-17(7-14)23-12-15(9-21-23)11-22(2)13-16-8-18(24)19(25-3)10-20-16/h4-10,12H,11,13H2,1-3H3,(H,20,24). The molecule has 0 atom stereocenters. The molecule has 0 fully saturated rings. The monoisotopic (exact) mass is 338 g/mol. The van der Waals surface area contributed by atoms with Crippen LogP contribution in [0, 0.1) is 6.92 Å². The SMILES string of the molecule is COc1c[nH]c(CN(C)Cc2cnn(-c3cccc(C)c3)c2)cc1=O. The van der Waals surface area contributed by atoms with E-state index in [1.807, 2.05) is 36.3 Å². The van der Waals surface area contributed by atoms with Crippen LogP contribution in [0.2, 0.25) is 0 Å². The number of H-pyrrole nitrogens is 1. The molecule has 0 unspecified atom stereocenters. The number of hydrogen-bond acceptors (Lipinski definition) is 4. The normalized spacial score (nSPS) is 11.0. The molecule has 2 heterocycles. The Balaban J connectivity index is 1.66. The third kappa shape index (κ3) is 4.16. The van der Waals surface area contributed by atoms with Gasteiger partial charge in [0.15, 0.2) is 5.75 Å². The fraction of sp³-hybridized carbons (Fsp3) is 0.263. The highest BCUT2D eigenvalue weighted by Gasteiger charge is 2.07. The molecule has 6 heteroatoms. The number of nitrogens with zero attached hydrogens (tertiary/aromatic N) is 3. The Hall–Kier alpha value is -2.86. The zero-order valence-electron chi connectivity index (χ0n) is 14.7. The average molecular weight is 338 g/mol. The molecule has 0 amide bonds. The van der Waals surface area contributed by atoms with Crippen molar-refractivity contribution in [3.8, 4) is 11.4 Å². The van der Waals surface area contributed by atoms with E-state index in [0.717, 1.165) is 23.5 Å². The van der Waals surface area contributed by atoms with E-state index in [1.54, 1.807) is 12.3 Å². The highest BCUT2D eigenvalue weighted by Crippen LogP contribution is 2.12. The number of aromatic amines is 1. The number of benzene rings is 1. The second-order valence-electron chi connectivity index (χ2n) is 6.20. The molecule has 0 spiro atoms. The van der Waals surface area contributed by atoms with Crippen LogP contribution >= 0.6 is 0 Å². The molecule has 1 aromatic carbocycles. The van der Waals surface area contributed by atoms with Gasteiger partial charge in [0.1, 0.15) is 0 Å². The third-order valence-corrected chi connectivity index (χ3v) is 3.95. The van der Waals surface area contributed by atoms with Crippen LogP contribution in [0.4, 0.5) is 0 Å². The number of aryl methyl sites for hydroxylation is 1. The Morgan fingerprint density at radius 3 is 2.84 bits per heavy atom. The molecular formula is C19H22N4O2. The topological polar surface area (TPSA) is 63.1 Å². The van der Waals surface area contributed by atoms with Crippen molar-refractivity contribution in [1.29, 1.82) is 0 Å². The maximum absolute atomic E-state index is 11.8. The van der Waals surface area contributed by atoms with Gasteiger partial charge in [0.25, 0.3) is 0 Å². The molecule has 0 radical (unpaired) electrons. The lowest BCUT2D eigenvalue weighted by Gasteiger charge is -2.15. The van der Waals surface area contributed by atoms with E-state index in [0.29, 0.717) is 12.3 Å². The van der Waals surface area contributed by atoms with E-state index in [1.165, 1.54) is 12.7 Å². The summed E-state index contributed by atoms with van der Waals surface area (Å²) in [6.07, 6.45) is 5.50. The van der Waals surface area contributed by atoms with Gasteiger partial charge in [-0.15, -0.1) is 0 Å².